The van der Waals surface area contributed by atoms with Gasteiger partial charge in [-0.25, -0.2) is 4.39 Å². The van der Waals surface area contributed by atoms with Gasteiger partial charge in [0.2, 0.25) is 0 Å². The average Bonchev–Trinajstić information content (AvgIpc) is 2.96. The predicted molar refractivity (Wildman–Crippen MR) is 104 cm³/mol. The highest BCUT2D eigenvalue weighted by Crippen LogP contribution is 2.39. The molecule has 152 valence electrons. The maximum atomic E-state index is 13.4. The van der Waals surface area contributed by atoms with E-state index < -0.39 is 23.5 Å². The number of ether oxygens (including phenoxy) is 1. The van der Waals surface area contributed by atoms with Crippen LogP contribution in [0, 0.1) is 12.7 Å². The highest BCUT2D eigenvalue weighted by Gasteiger charge is 2.45. The van der Waals surface area contributed by atoms with Gasteiger partial charge in [-0.2, -0.15) is 0 Å². The van der Waals surface area contributed by atoms with E-state index >= 15 is 0 Å². The van der Waals surface area contributed by atoms with Crippen molar-refractivity contribution in [2.24, 2.45) is 0 Å². The molecule has 0 spiro atoms. The zero-order chi connectivity index (χ0) is 21.0. The maximum Gasteiger partial charge on any atom is 0.295 e. The lowest BCUT2D eigenvalue weighted by Gasteiger charge is -2.25. The van der Waals surface area contributed by atoms with E-state index in [1.165, 1.54) is 29.2 Å². The second-order valence-electron chi connectivity index (χ2n) is 6.75. The fourth-order valence-electron chi connectivity index (χ4n) is 3.30. The van der Waals surface area contributed by atoms with Crippen LogP contribution in [0.3, 0.4) is 0 Å². The van der Waals surface area contributed by atoms with Gasteiger partial charge in [0.15, 0.2) is 0 Å². The van der Waals surface area contributed by atoms with E-state index in [1.54, 1.807) is 24.3 Å². The molecule has 0 bridgehead atoms. The van der Waals surface area contributed by atoms with E-state index in [0.29, 0.717) is 11.1 Å². The van der Waals surface area contributed by atoms with Crippen LogP contribution in [0.5, 0.6) is 0 Å². The number of ketones is 1. The summed E-state index contributed by atoms with van der Waals surface area (Å²) in [4.78, 5) is 26.7. The molecule has 0 radical (unpaired) electrons. The smallest absolute Gasteiger partial charge is 0.295 e. The second kappa shape index (κ2) is 8.98. The molecule has 7 heteroatoms. The van der Waals surface area contributed by atoms with E-state index in [1.807, 2.05) is 6.92 Å². The molecule has 1 heterocycles. The Hall–Kier alpha value is -3.03. The summed E-state index contributed by atoms with van der Waals surface area (Å²) >= 11 is 0. The van der Waals surface area contributed by atoms with Crippen molar-refractivity contribution in [3.63, 3.8) is 0 Å². The minimum atomic E-state index is -0.866. The quantitative estimate of drug-likeness (QED) is 0.323. The lowest BCUT2D eigenvalue weighted by molar-refractivity contribution is -0.140. The van der Waals surface area contributed by atoms with E-state index in [0.717, 1.165) is 5.56 Å². The number of carbonyl (C=O) groups is 2. The SMILES string of the molecule is Cc1ccc(C(O)=C2C(=O)C(=O)N(CCOCCO)C2c2ccc(F)cc2)cc1. The molecule has 0 saturated carbocycles. The van der Waals surface area contributed by atoms with Gasteiger partial charge in [0, 0.05) is 12.1 Å². The normalized spacial score (nSPS) is 18.4. The summed E-state index contributed by atoms with van der Waals surface area (Å²) in [6, 6.07) is 11.5. The number of likely N-dealkylation sites (tertiary alicyclic amines) is 1. The summed E-state index contributed by atoms with van der Waals surface area (Å²) in [7, 11) is 0. The van der Waals surface area contributed by atoms with E-state index in [-0.39, 0.29) is 37.7 Å². The molecule has 3 rings (SSSR count). The van der Waals surface area contributed by atoms with Gasteiger partial charge < -0.3 is 19.8 Å². The molecule has 1 saturated heterocycles. The summed E-state index contributed by atoms with van der Waals surface area (Å²) in [5.74, 6) is -2.30. The number of amides is 1. The third-order valence-electron chi connectivity index (χ3n) is 4.76. The molecule has 1 unspecified atom stereocenters. The second-order valence-corrected chi connectivity index (χ2v) is 6.75. The number of carbonyl (C=O) groups excluding carboxylic acids is 2. The maximum absolute atomic E-state index is 13.4. The van der Waals surface area contributed by atoms with Crippen molar-refractivity contribution in [1.82, 2.24) is 4.90 Å². The zero-order valence-corrected chi connectivity index (χ0v) is 16.0. The summed E-state index contributed by atoms with van der Waals surface area (Å²) in [5, 5.41) is 19.7. The highest BCUT2D eigenvalue weighted by molar-refractivity contribution is 6.46. The van der Waals surface area contributed by atoms with E-state index in [4.69, 9.17) is 9.84 Å². The molecule has 1 aliphatic heterocycles. The number of nitrogens with zero attached hydrogens (tertiary/aromatic N) is 1. The molecular weight excluding hydrogens is 377 g/mol. The van der Waals surface area contributed by atoms with Crippen molar-refractivity contribution in [1.29, 1.82) is 0 Å². The van der Waals surface area contributed by atoms with Gasteiger partial charge in [0.25, 0.3) is 11.7 Å². The number of benzene rings is 2. The van der Waals surface area contributed by atoms with Crippen LogP contribution in [-0.4, -0.2) is 53.2 Å². The van der Waals surface area contributed by atoms with Crippen molar-refractivity contribution in [2.45, 2.75) is 13.0 Å². The van der Waals surface area contributed by atoms with Crippen LogP contribution in [0.1, 0.15) is 22.7 Å². The van der Waals surface area contributed by atoms with Gasteiger partial charge in [-0.3, -0.25) is 9.59 Å². The molecule has 0 aliphatic carbocycles. The summed E-state index contributed by atoms with van der Waals surface area (Å²) in [6.07, 6.45) is 0. The molecule has 6 nitrogen and oxygen atoms in total. The van der Waals surface area contributed by atoms with Crippen molar-refractivity contribution in [3.05, 3.63) is 76.6 Å². The molecule has 1 amide bonds. The average molecular weight is 399 g/mol. The number of Topliss-reactive ketones (excluding diaryl/α,β-unsaturated/α-hetero) is 1. The van der Waals surface area contributed by atoms with Crippen molar-refractivity contribution < 1.29 is 28.9 Å². The van der Waals surface area contributed by atoms with Gasteiger partial charge in [0.1, 0.15) is 11.6 Å². The molecule has 1 aliphatic rings. The molecule has 2 aromatic rings. The molecule has 1 fully saturated rings. The lowest BCUT2D eigenvalue weighted by atomic mass is 9.95. The van der Waals surface area contributed by atoms with Gasteiger partial charge in [-0.15, -0.1) is 0 Å². The fourth-order valence-corrected chi connectivity index (χ4v) is 3.30. The first-order chi connectivity index (χ1) is 13.9. The van der Waals surface area contributed by atoms with Crippen molar-refractivity contribution in [3.8, 4) is 0 Å². The fraction of sp³-hybridized carbons (Fsp3) is 0.273. The van der Waals surface area contributed by atoms with Crippen LogP contribution in [0.4, 0.5) is 4.39 Å². The number of aliphatic hydroxyl groups is 2. The number of aliphatic hydroxyl groups excluding tert-OH is 2. The Morgan fingerprint density at radius 2 is 1.72 bits per heavy atom. The Bertz CT molecular complexity index is 921. The van der Waals surface area contributed by atoms with Gasteiger partial charge in [0.05, 0.1) is 31.4 Å². The monoisotopic (exact) mass is 399 g/mol. The molecule has 0 aromatic heterocycles. The number of halogens is 1. The van der Waals surface area contributed by atoms with Crippen LogP contribution in [0.15, 0.2) is 54.1 Å². The standard InChI is InChI=1S/C22H22FNO5/c1-14-2-4-16(5-3-14)20(26)18-19(15-6-8-17(23)9-7-15)24(22(28)21(18)27)10-12-29-13-11-25/h2-9,19,25-26H,10-13H2,1H3. The number of aryl methyl sites for hydroxylation is 1. The van der Waals surface area contributed by atoms with Crippen LogP contribution >= 0.6 is 0 Å². The Morgan fingerprint density at radius 1 is 1.07 bits per heavy atom. The van der Waals surface area contributed by atoms with Crippen LogP contribution in [0.2, 0.25) is 0 Å². The van der Waals surface area contributed by atoms with E-state index in [2.05, 4.69) is 0 Å². The number of hydrogen-bond donors (Lipinski definition) is 2. The first-order valence-corrected chi connectivity index (χ1v) is 9.23. The lowest BCUT2D eigenvalue weighted by Crippen LogP contribution is -2.33. The molecule has 29 heavy (non-hydrogen) atoms. The topological polar surface area (TPSA) is 87.1 Å². The first-order valence-electron chi connectivity index (χ1n) is 9.23. The number of hydrogen-bond acceptors (Lipinski definition) is 5. The third kappa shape index (κ3) is 4.36. The Balaban J connectivity index is 2.05. The summed E-state index contributed by atoms with van der Waals surface area (Å²) < 4.78 is 18.6. The zero-order valence-electron chi connectivity index (χ0n) is 16.0. The summed E-state index contributed by atoms with van der Waals surface area (Å²) in [6.45, 7) is 2.03. The van der Waals surface area contributed by atoms with Crippen molar-refractivity contribution in [2.75, 3.05) is 26.4 Å². The molecule has 2 aromatic carbocycles. The summed E-state index contributed by atoms with van der Waals surface area (Å²) in [5.41, 5.74) is 1.85. The number of rotatable bonds is 7. The molecule has 2 N–H and O–H groups in total. The Labute approximate surface area is 167 Å². The van der Waals surface area contributed by atoms with Gasteiger partial charge in [-0.1, -0.05) is 42.0 Å². The first kappa shape index (κ1) is 20.7. The Kier molecular flexibility index (Phi) is 6.41. The van der Waals surface area contributed by atoms with Crippen LogP contribution in [0.25, 0.3) is 5.76 Å². The molecule has 1 atom stereocenters. The minimum absolute atomic E-state index is 0.0485. The third-order valence-corrected chi connectivity index (χ3v) is 4.76. The highest BCUT2D eigenvalue weighted by atomic mass is 19.1. The van der Waals surface area contributed by atoms with Crippen LogP contribution < -0.4 is 0 Å². The van der Waals surface area contributed by atoms with Gasteiger partial charge >= 0.3 is 0 Å². The Morgan fingerprint density at radius 3 is 2.34 bits per heavy atom. The van der Waals surface area contributed by atoms with Crippen LogP contribution in [-0.2, 0) is 14.3 Å². The molecular formula is C22H22FNO5. The minimum Gasteiger partial charge on any atom is -0.507 e. The van der Waals surface area contributed by atoms with Gasteiger partial charge in [-0.05, 0) is 24.6 Å². The largest absolute Gasteiger partial charge is 0.507 e. The van der Waals surface area contributed by atoms with E-state index in [9.17, 15) is 19.1 Å². The predicted octanol–water partition coefficient (Wildman–Crippen LogP) is 2.56. The van der Waals surface area contributed by atoms with Crippen molar-refractivity contribution >= 4 is 17.4 Å².